The molecule has 2 saturated heterocycles. The lowest BCUT2D eigenvalue weighted by molar-refractivity contribution is -0.137. The summed E-state index contributed by atoms with van der Waals surface area (Å²) in [6, 6.07) is 5.39. The van der Waals surface area contributed by atoms with Crippen molar-refractivity contribution in [1.29, 1.82) is 0 Å². The number of nitrogens with one attached hydrogen (secondary N) is 1. The van der Waals surface area contributed by atoms with E-state index in [9.17, 15) is 18.0 Å². The molecule has 1 N–H and O–H groups in total. The molecule has 2 aliphatic heterocycles. The van der Waals surface area contributed by atoms with E-state index in [-0.39, 0.29) is 24.7 Å². The lowest BCUT2D eigenvalue weighted by atomic mass is 9.93. The molecule has 2 fully saturated rings. The van der Waals surface area contributed by atoms with Gasteiger partial charge in [0.25, 0.3) is 0 Å². The molecule has 1 aromatic rings. The van der Waals surface area contributed by atoms with Crippen LogP contribution in [0.4, 0.5) is 13.2 Å². The van der Waals surface area contributed by atoms with Crippen molar-refractivity contribution in [2.24, 2.45) is 5.92 Å². The fraction of sp³-hybridized carbons (Fsp3) is 0.562. The lowest BCUT2D eigenvalue weighted by Gasteiger charge is -2.35. The number of hydrogen-bond donors (Lipinski definition) is 1. The average Bonchev–Trinajstić information content (AvgIpc) is 2.94. The highest BCUT2D eigenvalue weighted by molar-refractivity contribution is 5.85. The maximum absolute atomic E-state index is 12.5. The molecular formula is C16H20ClF3N2O. The number of alkyl halides is 3. The Labute approximate surface area is 139 Å². The van der Waals surface area contributed by atoms with E-state index in [0.717, 1.165) is 44.6 Å². The zero-order valence-electron chi connectivity index (χ0n) is 12.6. The van der Waals surface area contributed by atoms with E-state index < -0.39 is 11.7 Å². The van der Waals surface area contributed by atoms with E-state index >= 15 is 0 Å². The Balaban J connectivity index is 0.00000192. The van der Waals surface area contributed by atoms with Crippen LogP contribution in [0.3, 0.4) is 0 Å². The van der Waals surface area contributed by atoms with Crippen molar-refractivity contribution in [3.63, 3.8) is 0 Å². The summed E-state index contributed by atoms with van der Waals surface area (Å²) in [7, 11) is 0. The molecule has 0 aromatic heterocycles. The van der Waals surface area contributed by atoms with E-state index in [1.807, 2.05) is 4.90 Å². The number of carbonyl (C=O) groups is 1. The van der Waals surface area contributed by atoms with Crippen molar-refractivity contribution in [3.8, 4) is 0 Å². The lowest BCUT2D eigenvalue weighted by Crippen LogP contribution is -2.47. The second-order valence-electron chi connectivity index (χ2n) is 6.11. The first-order valence-electron chi connectivity index (χ1n) is 7.61. The van der Waals surface area contributed by atoms with Crippen LogP contribution >= 0.6 is 12.4 Å². The van der Waals surface area contributed by atoms with Crippen LogP contribution in [0.2, 0.25) is 0 Å². The van der Waals surface area contributed by atoms with Gasteiger partial charge in [-0.05, 0) is 43.0 Å². The molecule has 0 spiro atoms. The second-order valence-corrected chi connectivity index (χ2v) is 6.11. The molecular weight excluding hydrogens is 329 g/mol. The number of amides is 1. The molecule has 3 rings (SSSR count). The maximum Gasteiger partial charge on any atom is 0.416 e. The Bertz CT molecular complexity index is 547. The first-order valence-corrected chi connectivity index (χ1v) is 7.61. The van der Waals surface area contributed by atoms with Gasteiger partial charge in [-0.1, -0.05) is 12.1 Å². The van der Waals surface area contributed by atoms with Crippen molar-refractivity contribution in [2.45, 2.75) is 31.5 Å². The normalized spacial score (nSPS) is 24.0. The number of carbonyl (C=O) groups excluding carboxylic acids is 1. The minimum atomic E-state index is -4.33. The number of likely N-dealkylation sites (tertiary alicyclic amines) is 1. The molecule has 2 aliphatic rings. The smallest absolute Gasteiger partial charge is 0.342 e. The summed E-state index contributed by atoms with van der Waals surface area (Å²) in [5.41, 5.74) is -0.0498. The van der Waals surface area contributed by atoms with Crippen LogP contribution in [0.1, 0.15) is 24.0 Å². The third-order valence-electron chi connectivity index (χ3n) is 4.64. The van der Waals surface area contributed by atoms with Gasteiger partial charge in [-0.3, -0.25) is 4.79 Å². The summed E-state index contributed by atoms with van der Waals surface area (Å²) in [6.45, 7) is 2.50. The zero-order chi connectivity index (χ0) is 15.7. The van der Waals surface area contributed by atoms with Gasteiger partial charge in [0.1, 0.15) is 0 Å². The Morgan fingerprint density at radius 3 is 2.57 bits per heavy atom. The molecule has 2 atom stereocenters. The number of nitrogens with zero attached hydrogens (tertiary/aromatic N) is 1. The highest BCUT2D eigenvalue weighted by Gasteiger charge is 2.34. The molecule has 7 heteroatoms. The van der Waals surface area contributed by atoms with Crippen molar-refractivity contribution in [2.75, 3.05) is 19.6 Å². The van der Waals surface area contributed by atoms with Gasteiger partial charge < -0.3 is 10.2 Å². The number of hydrogen-bond acceptors (Lipinski definition) is 2. The van der Waals surface area contributed by atoms with Gasteiger partial charge in [0.05, 0.1) is 12.0 Å². The highest BCUT2D eigenvalue weighted by atomic mass is 35.5. The van der Waals surface area contributed by atoms with Gasteiger partial charge in [-0.25, -0.2) is 0 Å². The predicted molar refractivity (Wildman–Crippen MR) is 83.5 cm³/mol. The van der Waals surface area contributed by atoms with Crippen molar-refractivity contribution < 1.29 is 18.0 Å². The quantitative estimate of drug-likeness (QED) is 0.891. The highest BCUT2D eigenvalue weighted by Crippen LogP contribution is 2.29. The summed E-state index contributed by atoms with van der Waals surface area (Å²) < 4.78 is 37.5. The first-order chi connectivity index (χ1) is 10.4. The molecule has 3 nitrogen and oxygen atoms in total. The van der Waals surface area contributed by atoms with Crippen molar-refractivity contribution in [1.82, 2.24) is 10.2 Å². The number of halogens is 4. The van der Waals surface area contributed by atoms with Crippen LogP contribution in [0.15, 0.2) is 24.3 Å². The van der Waals surface area contributed by atoms with E-state index in [2.05, 4.69) is 5.32 Å². The van der Waals surface area contributed by atoms with Crippen LogP contribution in [0, 0.1) is 5.92 Å². The number of benzene rings is 1. The SMILES string of the molecule is Cl.O=C(Cc1ccc(C(F)(F)F)cc1)N1CCC2NCCC2C1. The van der Waals surface area contributed by atoms with Crippen LogP contribution in [0.5, 0.6) is 0 Å². The van der Waals surface area contributed by atoms with E-state index in [1.165, 1.54) is 12.1 Å². The number of piperidine rings is 1. The molecule has 128 valence electrons. The molecule has 0 saturated carbocycles. The van der Waals surface area contributed by atoms with E-state index in [1.54, 1.807) is 0 Å². The second kappa shape index (κ2) is 7.09. The fourth-order valence-electron chi connectivity index (χ4n) is 3.37. The molecule has 0 radical (unpaired) electrons. The van der Waals surface area contributed by atoms with Gasteiger partial charge in [0.2, 0.25) is 5.91 Å². The number of fused-ring (bicyclic) bond motifs is 1. The Morgan fingerprint density at radius 1 is 1.22 bits per heavy atom. The molecule has 1 amide bonds. The molecule has 0 aliphatic carbocycles. The Hall–Kier alpha value is -1.27. The first kappa shape index (κ1) is 18.1. The Kier molecular flexibility index (Phi) is 5.57. The zero-order valence-corrected chi connectivity index (χ0v) is 13.4. The maximum atomic E-state index is 12.5. The molecule has 0 bridgehead atoms. The third-order valence-corrected chi connectivity index (χ3v) is 4.64. The number of rotatable bonds is 2. The van der Waals surface area contributed by atoms with Crippen LogP contribution < -0.4 is 5.32 Å². The summed E-state index contributed by atoms with van der Waals surface area (Å²) in [5.74, 6) is 0.524. The van der Waals surface area contributed by atoms with E-state index in [4.69, 9.17) is 0 Å². The van der Waals surface area contributed by atoms with Gasteiger partial charge in [0, 0.05) is 19.1 Å². The van der Waals surface area contributed by atoms with Crippen molar-refractivity contribution in [3.05, 3.63) is 35.4 Å². The topological polar surface area (TPSA) is 32.3 Å². The van der Waals surface area contributed by atoms with Crippen molar-refractivity contribution >= 4 is 18.3 Å². The summed E-state index contributed by atoms with van der Waals surface area (Å²) in [4.78, 5) is 14.2. The third kappa shape index (κ3) is 4.18. The van der Waals surface area contributed by atoms with Crippen LogP contribution in [0.25, 0.3) is 0 Å². The van der Waals surface area contributed by atoms with Gasteiger partial charge >= 0.3 is 6.18 Å². The molecule has 2 unspecified atom stereocenters. The van der Waals surface area contributed by atoms with Gasteiger partial charge in [0.15, 0.2) is 0 Å². The molecule has 23 heavy (non-hydrogen) atoms. The fourth-order valence-corrected chi connectivity index (χ4v) is 3.37. The van der Waals surface area contributed by atoms with E-state index in [0.29, 0.717) is 17.5 Å². The minimum absolute atomic E-state index is 0. The summed E-state index contributed by atoms with van der Waals surface area (Å²) in [5, 5.41) is 3.44. The monoisotopic (exact) mass is 348 g/mol. The Morgan fingerprint density at radius 2 is 1.91 bits per heavy atom. The average molecular weight is 349 g/mol. The van der Waals surface area contributed by atoms with Gasteiger partial charge in [-0.2, -0.15) is 13.2 Å². The largest absolute Gasteiger partial charge is 0.416 e. The summed E-state index contributed by atoms with van der Waals surface area (Å²) >= 11 is 0. The standard InChI is InChI=1S/C16H19F3N2O.ClH/c17-16(18,19)13-3-1-11(2-4-13)9-15(22)21-8-6-14-12(10-21)5-7-20-14;/h1-4,12,14,20H,5-10H2;1H. The van der Waals surface area contributed by atoms with Crippen LogP contribution in [-0.4, -0.2) is 36.5 Å². The van der Waals surface area contributed by atoms with Crippen LogP contribution in [-0.2, 0) is 17.4 Å². The molecule has 2 heterocycles. The minimum Gasteiger partial charge on any atom is -0.342 e. The molecule has 1 aromatic carbocycles. The predicted octanol–water partition coefficient (Wildman–Crippen LogP) is 2.88. The summed E-state index contributed by atoms with van der Waals surface area (Å²) in [6.07, 6.45) is -2.11. The van der Waals surface area contributed by atoms with Gasteiger partial charge in [-0.15, -0.1) is 12.4 Å².